The van der Waals surface area contributed by atoms with Crippen LogP contribution in [-0.4, -0.2) is 13.1 Å². The highest BCUT2D eigenvalue weighted by molar-refractivity contribution is 9.10. The summed E-state index contributed by atoms with van der Waals surface area (Å²) in [5.74, 6) is 0.193. The summed E-state index contributed by atoms with van der Waals surface area (Å²) in [6, 6.07) is 3.61. The van der Waals surface area contributed by atoms with Gasteiger partial charge in [-0.2, -0.15) is 0 Å². The van der Waals surface area contributed by atoms with Crippen molar-refractivity contribution >= 4 is 27.5 Å². The standard InChI is InChI=1S/C13H18BrClFN/c1-4-17-7-8(2)9(3)10-5-6-11(14)12(15)13(10)16/h5-6,8-9,17H,4,7H2,1-3H3. The van der Waals surface area contributed by atoms with Gasteiger partial charge in [0.15, 0.2) is 0 Å². The Labute approximate surface area is 116 Å². The lowest BCUT2D eigenvalue weighted by molar-refractivity contribution is 0.439. The van der Waals surface area contributed by atoms with E-state index in [0.717, 1.165) is 13.1 Å². The predicted molar refractivity (Wildman–Crippen MR) is 75.2 cm³/mol. The minimum atomic E-state index is -0.308. The molecule has 1 aromatic rings. The normalized spacial score (nSPS) is 14.7. The van der Waals surface area contributed by atoms with Crippen LogP contribution < -0.4 is 5.32 Å². The average molecular weight is 323 g/mol. The summed E-state index contributed by atoms with van der Waals surface area (Å²) in [6.07, 6.45) is 0. The highest BCUT2D eigenvalue weighted by Gasteiger charge is 2.20. The summed E-state index contributed by atoms with van der Waals surface area (Å²) < 4.78 is 14.6. The topological polar surface area (TPSA) is 12.0 Å². The van der Waals surface area contributed by atoms with Gasteiger partial charge in [0.05, 0.1) is 5.02 Å². The molecule has 1 nitrogen and oxygen atoms in total. The van der Waals surface area contributed by atoms with E-state index in [-0.39, 0.29) is 16.8 Å². The maximum atomic E-state index is 14.0. The zero-order valence-corrected chi connectivity index (χ0v) is 12.7. The van der Waals surface area contributed by atoms with E-state index in [1.54, 1.807) is 12.1 Å². The second-order valence-electron chi connectivity index (χ2n) is 4.34. The fourth-order valence-corrected chi connectivity index (χ4v) is 2.23. The number of hydrogen-bond acceptors (Lipinski definition) is 1. The molecule has 0 fully saturated rings. The zero-order chi connectivity index (χ0) is 13.0. The van der Waals surface area contributed by atoms with E-state index in [1.807, 2.05) is 6.92 Å². The molecule has 17 heavy (non-hydrogen) atoms. The quantitative estimate of drug-likeness (QED) is 0.782. The van der Waals surface area contributed by atoms with Crippen LogP contribution >= 0.6 is 27.5 Å². The van der Waals surface area contributed by atoms with Gasteiger partial charge in [0.2, 0.25) is 0 Å². The van der Waals surface area contributed by atoms with Gasteiger partial charge in [0.1, 0.15) is 5.82 Å². The molecule has 0 amide bonds. The maximum Gasteiger partial charge on any atom is 0.146 e. The first-order valence-electron chi connectivity index (χ1n) is 5.83. The van der Waals surface area contributed by atoms with Crippen molar-refractivity contribution in [3.63, 3.8) is 0 Å². The molecule has 2 unspecified atom stereocenters. The summed E-state index contributed by atoms with van der Waals surface area (Å²) in [5.41, 5.74) is 0.684. The first-order chi connectivity index (χ1) is 7.99. The van der Waals surface area contributed by atoms with Crippen molar-refractivity contribution in [3.05, 3.63) is 33.0 Å². The first kappa shape index (κ1) is 14.9. The van der Waals surface area contributed by atoms with Gasteiger partial charge >= 0.3 is 0 Å². The summed E-state index contributed by atoms with van der Waals surface area (Å²) in [7, 11) is 0. The summed E-state index contributed by atoms with van der Waals surface area (Å²) >= 11 is 9.12. The molecule has 0 spiro atoms. The van der Waals surface area contributed by atoms with Crippen molar-refractivity contribution in [1.82, 2.24) is 5.32 Å². The molecule has 0 saturated heterocycles. The molecule has 4 heteroatoms. The van der Waals surface area contributed by atoms with Gasteiger partial charge < -0.3 is 5.32 Å². The molecule has 1 N–H and O–H groups in total. The molecule has 1 rings (SSSR count). The van der Waals surface area contributed by atoms with E-state index in [4.69, 9.17) is 11.6 Å². The van der Waals surface area contributed by atoms with Gasteiger partial charge in [-0.25, -0.2) is 4.39 Å². The van der Waals surface area contributed by atoms with Crippen LogP contribution in [0.4, 0.5) is 4.39 Å². The average Bonchev–Trinajstić information content (AvgIpc) is 2.32. The summed E-state index contributed by atoms with van der Waals surface area (Å²) in [5, 5.41) is 3.45. The molecular weight excluding hydrogens is 305 g/mol. The minimum Gasteiger partial charge on any atom is -0.317 e. The third-order valence-corrected chi connectivity index (χ3v) is 4.38. The fourth-order valence-electron chi connectivity index (χ4n) is 1.75. The predicted octanol–water partition coefficient (Wildman–Crippen LogP) is 4.59. The highest BCUT2D eigenvalue weighted by atomic mass is 79.9. The third kappa shape index (κ3) is 3.67. The Hall–Kier alpha value is -0.120. The van der Waals surface area contributed by atoms with Crippen molar-refractivity contribution in [1.29, 1.82) is 0 Å². The molecule has 0 saturated carbocycles. The second kappa shape index (κ2) is 6.72. The number of benzene rings is 1. The Morgan fingerprint density at radius 2 is 2.06 bits per heavy atom. The Balaban J connectivity index is 2.89. The van der Waals surface area contributed by atoms with Gasteiger partial charge in [-0.1, -0.05) is 38.4 Å². The molecule has 0 heterocycles. The van der Waals surface area contributed by atoms with Crippen molar-refractivity contribution in [3.8, 4) is 0 Å². The van der Waals surface area contributed by atoms with Crippen LogP contribution in [-0.2, 0) is 0 Å². The van der Waals surface area contributed by atoms with Crippen LogP contribution in [0.3, 0.4) is 0 Å². The van der Waals surface area contributed by atoms with Crippen LogP contribution in [0.25, 0.3) is 0 Å². The minimum absolute atomic E-state index is 0.139. The summed E-state index contributed by atoms with van der Waals surface area (Å²) in [6.45, 7) is 8.02. The summed E-state index contributed by atoms with van der Waals surface area (Å²) in [4.78, 5) is 0. The molecule has 2 atom stereocenters. The Morgan fingerprint density at radius 1 is 1.41 bits per heavy atom. The van der Waals surface area contributed by atoms with E-state index in [0.29, 0.717) is 16.0 Å². The molecule has 0 radical (unpaired) electrons. The largest absolute Gasteiger partial charge is 0.317 e. The van der Waals surface area contributed by atoms with Gasteiger partial charge in [0, 0.05) is 4.47 Å². The lowest BCUT2D eigenvalue weighted by Crippen LogP contribution is -2.24. The maximum absolute atomic E-state index is 14.0. The smallest absolute Gasteiger partial charge is 0.146 e. The Kier molecular flexibility index (Phi) is 5.90. The van der Waals surface area contributed by atoms with Crippen LogP contribution in [0.2, 0.25) is 5.02 Å². The second-order valence-corrected chi connectivity index (χ2v) is 5.57. The van der Waals surface area contributed by atoms with Gasteiger partial charge in [-0.3, -0.25) is 0 Å². The fraction of sp³-hybridized carbons (Fsp3) is 0.538. The van der Waals surface area contributed by atoms with E-state index >= 15 is 0 Å². The first-order valence-corrected chi connectivity index (χ1v) is 7.00. The van der Waals surface area contributed by atoms with Crippen LogP contribution in [0.1, 0.15) is 32.3 Å². The van der Waals surface area contributed by atoms with E-state index < -0.39 is 0 Å². The van der Waals surface area contributed by atoms with E-state index in [1.165, 1.54) is 0 Å². The molecule has 0 aromatic heterocycles. The van der Waals surface area contributed by atoms with Gasteiger partial charge in [-0.15, -0.1) is 0 Å². The Bertz CT molecular complexity index is 384. The van der Waals surface area contributed by atoms with Gasteiger partial charge in [-0.05, 0) is 52.5 Å². The van der Waals surface area contributed by atoms with E-state index in [9.17, 15) is 4.39 Å². The molecule has 0 aliphatic carbocycles. The number of rotatable bonds is 5. The zero-order valence-electron chi connectivity index (χ0n) is 10.4. The lowest BCUT2D eigenvalue weighted by Gasteiger charge is -2.21. The van der Waals surface area contributed by atoms with Crippen molar-refractivity contribution in [2.45, 2.75) is 26.7 Å². The molecule has 96 valence electrons. The van der Waals surface area contributed by atoms with Gasteiger partial charge in [0.25, 0.3) is 0 Å². The third-order valence-electron chi connectivity index (χ3n) is 3.13. The number of nitrogens with one attached hydrogen (secondary N) is 1. The van der Waals surface area contributed by atoms with Crippen LogP contribution in [0, 0.1) is 11.7 Å². The molecule has 0 aliphatic rings. The number of hydrogen-bond donors (Lipinski definition) is 1. The van der Waals surface area contributed by atoms with Crippen LogP contribution in [0.5, 0.6) is 0 Å². The van der Waals surface area contributed by atoms with Crippen LogP contribution in [0.15, 0.2) is 16.6 Å². The van der Waals surface area contributed by atoms with Crippen molar-refractivity contribution < 1.29 is 4.39 Å². The van der Waals surface area contributed by atoms with Crippen molar-refractivity contribution in [2.75, 3.05) is 13.1 Å². The molecule has 0 bridgehead atoms. The SMILES string of the molecule is CCNCC(C)C(C)c1ccc(Br)c(Cl)c1F. The highest BCUT2D eigenvalue weighted by Crippen LogP contribution is 2.33. The molecule has 0 aliphatic heterocycles. The number of halogens is 3. The monoisotopic (exact) mass is 321 g/mol. The van der Waals surface area contributed by atoms with E-state index in [2.05, 4.69) is 35.1 Å². The van der Waals surface area contributed by atoms with Crippen molar-refractivity contribution in [2.24, 2.45) is 5.92 Å². The molecule has 1 aromatic carbocycles. The Morgan fingerprint density at radius 3 is 2.65 bits per heavy atom. The molecular formula is C13H18BrClFN. The lowest BCUT2D eigenvalue weighted by atomic mass is 9.88.